The molecule has 2 amide bonds. The Balaban J connectivity index is 1.61. The van der Waals surface area contributed by atoms with Crippen LogP contribution in [0.25, 0.3) is 11.4 Å². The van der Waals surface area contributed by atoms with E-state index < -0.39 is 6.04 Å². The molecule has 10 heteroatoms. The molecular weight excluding hydrogens is 362 g/mol. The highest BCUT2D eigenvalue weighted by molar-refractivity contribution is 5.74. The zero-order valence-corrected chi connectivity index (χ0v) is 16.1. The van der Waals surface area contributed by atoms with Gasteiger partial charge in [-0.05, 0) is 32.4 Å². The maximum absolute atomic E-state index is 12.6. The molecule has 3 aromatic heterocycles. The van der Waals surface area contributed by atoms with Crippen LogP contribution in [-0.4, -0.2) is 42.7 Å². The summed E-state index contributed by atoms with van der Waals surface area (Å²) < 4.78 is 10.5. The van der Waals surface area contributed by atoms with Crippen molar-refractivity contribution in [2.24, 2.45) is 0 Å². The molecule has 1 N–H and O–H groups in total. The first kappa shape index (κ1) is 19.5. The van der Waals surface area contributed by atoms with Crippen molar-refractivity contribution >= 4 is 6.03 Å². The molecular formula is C18H23N7O3. The van der Waals surface area contributed by atoms with Gasteiger partial charge in [-0.3, -0.25) is 4.98 Å². The molecule has 0 radical (unpaired) electrons. The number of rotatable bonds is 8. The maximum Gasteiger partial charge on any atom is 0.318 e. The van der Waals surface area contributed by atoms with Crippen molar-refractivity contribution in [3.8, 4) is 11.4 Å². The van der Waals surface area contributed by atoms with Crippen LogP contribution in [0.2, 0.25) is 0 Å². The molecule has 3 rings (SSSR count). The van der Waals surface area contributed by atoms with Crippen LogP contribution in [0, 0.1) is 0 Å². The highest BCUT2D eigenvalue weighted by Gasteiger charge is 2.21. The van der Waals surface area contributed by atoms with Crippen molar-refractivity contribution in [2.45, 2.75) is 46.2 Å². The first-order valence-corrected chi connectivity index (χ1v) is 9.21. The Kier molecular flexibility index (Phi) is 6.30. The molecule has 3 heterocycles. The van der Waals surface area contributed by atoms with E-state index in [-0.39, 0.29) is 12.6 Å². The lowest BCUT2D eigenvalue weighted by atomic mass is 10.2. The van der Waals surface area contributed by atoms with Gasteiger partial charge < -0.3 is 19.3 Å². The zero-order valence-electron chi connectivity index (χ0n) is 16.1. The van der Waals surface area contributed by atoms with E-state index in [1.807, 2.05) is 13.8 Å². The van der Waals surface area contributed by atoms with E-state index in [4.69, 9.17) is 9.05 Å². The Hall–Kier alpha value is -3.30. The van der Waals surface area contributed by atoms with E-state index in [0.717, 1.165) is 18.4 Å². The van der Waals surface area contributed by atoms with Crippen LogP contribution in [0.5, 0.6) is 0 Å². The number of nitrogens with zero attached hydrogens (tertiary/aromatic N) is 6. The minimum atomic E-state index is -0.453. The van der Waals surface area contributed by atoms with Gasteiger partial charge in [-0.15, -0.1) is 0 Å². The van der Waals surface area contributed by atoms with Gasteiger partial charge in [0.1, 0.15) is 6.04 Å². The summed E-state index contributed by atoms with van der Waals surface area (Å²) in [6, 6.07) is 2.84. The average molecular weight is 385 g/mol. The maximum atomic E-state index is 12.6. The second-order valence-corrected chi connectivity index (χ2v) is 6.23. The zero-order chi connectivity index (χ0) is 19.9. The smallest absolute Gasteiger partial charge is 0.318 e. The van der Waals surface area contributed by atoms with Crippen molar-refractivity contribution in [1.29, 1.82) is 0 Å². The first-order valence-electron chi connectivity index (χ1n) is 9.21. The van der Waals surface area contributed by atoms with Crippen LogP contribution in [0.15, 0.2) is 33.6 Å². The Morgan fingerprint density at radius 1 is 1.18 bits per heavy atom. The van der Waals surface area contributed by atoms with Gasteiger partial charge in [-0.2, -0.15) is 9.97 Å². The Bertz CT molecular complexity index is 893. The van der Waals surface area contributed by atoms with E-state index in [1.165, 1.54) is 0 Å². The Morgan fingerprint density at radius 2 is 1.96 bits per heavy atom. The molecule has 0 unspecified atom stereocenters. The number of hydrogen-bond donors (Lipinski definition) is 1. The average Bonchev–Trinajstić information content (AvgIpc) is 3.37. The quantitative estimate of drug-likeness (QED) is 0.628. The van der Waals surface area contributed by atoms with Crippen LogP contribution in [0.4, 0.5) is 4.79 Å². The Labute approximate surface area is 162 Å². The summed E-state index contributed by atoms with van der Waals surface area (Å²) in [7, 11) is 0. The third kappa shape index (κ3) is 4.70. The molecule has 148 valence electrons. The van der Waals surface area contributed by atoms with Crippen molar-refractivity contribution in [2.75, 3.05) is 6.54 Å². The molecule has 28 heavy (non-hydrogen) atoms. The second-order valence-electron chi connectivity index (χ2n) is 6.23. The van der Waals surface area contributed by atoms with Gasteiger partial charge in [-0.1, -0.05) is 17.2 Å². The summed E-state index contributed by atoms with van der Waals surface area (Å²) >= 11 is 0. The van der Waals surface area contributed by atoms with E-state index >= 15 is 0 Å². The molecule has 0 aliphatic carbocycles. The van der Waals surface area contributed by atoms with Gasteiger partial charge in [0.15, 0.2) is 5.82 Å². The molecule has 10 nitrogen and oxygen atoms in total. The Morgan fingerprint density at radius 3 is 2.68 bits per heavy atom. The summed E-state index contributed by atoms with van der Waals surface area (Å²) in [6.45, 7) is 6.44. The topological polar surface area (TPSA) is 123 Å². The van der Waals surface area contributed by atoms with Crippen molar-refractivity contribution in [1.82, 2.24) is 35.5 Å². The number of carbonyl (C=O) groups is 1. The van der Waals surface area contributed by atoms with Crippen LogP contribution < -0.4 is 5.32 Å². The lowest BCUT2D eigenvalue weighted by molar-refractivity contribution is 0.190. The summed E-state index contributed by atoms with van der Waals surface area (Å²) in [5.41, 5.74) is 0.790. The fourth-order valence-corrected chi connectivity index (χ4v) is 2.54. The minimum absolute atomic E-state index is 0.258. The molecule has 0 spiro atoms. The van der Waals surface area contributed by atoms with Gasteiger partial charge in [0.05, 0.1) is 6.54 Å². The van der Waals surface area contributed by atoms with Crippen molar-refractivity contribution in [3.05, 3.63) is 42.1 Å². The van der Waals surface area contributed by atoms with Crippen LogP contribution >= 0.6 is 0 Å². The molecule has 0 aliphatic heterocycles. The second kappa shape index (κ2) is 9.07. The highest BCUT2D eigenvalue weighted by Crippen LogP contribution is 2.18. The molecule has 0 saturated carbocycles. The number of pyridine rings is 1. The normalized spacial score (nSPS) is 12.0. The number of aromatic nitrogens is 5. The SMILES string of the molecule is CCCc1nc(CN(CC)C(=O)N[C@@H](C)c2nc(-c3ccncc3)no2)no1. The molecule has 0 fully saturated rings. The lowest BCUT2D eigenvalue weighted by Gasteiger charge is -2.21. The van der Waals surface area contributed by atoms with Gasteiger partial charge in [0, 0.05) is 30.9 Å². The predicted octanol–water partition coefficient (Wildman–Crippen LogP) is 2.76. The van der Waals surface area contributed by atoms with E-state index in [2.05, 4.69) is 30.6 Å². The fraction of sp³-hybridized carbons (Fsp3) is 0.444. The van der Waals surface area contributed by atoms with Crippen molar-refractivity contribution < 1.29 is 13.8 Å². The third-order valence-corrected chi connectivity index (χ3v) is 4.07. The molecule has 0 saturated heterocycles. The summed E-state index contributed by atoms with van der Waals surface area (Å²) in [5, 5.41) is 10.7. The highest BCUT2D eigenvalue weighted by atomic mass is 16.5. The molecule has 1 atom stereocenters. The van der Waals surface area contributed by atoms with Gasteiger partial charge >= 0.3 is 6.03 Å². The largest absolute Gasteiger partial charge is 0.339 e. The fourth-order valence-electron chi connectivity index (χ4n) is 2.54. The molecule has 0 aliphatic rings. The number of amides is 2. The van der Waals surface area contributed by atoms with E-state index in [0.29, 0.717) is 30.0 Å². The summed E-state index contributed by atoms with van der Waals surface area (Å²) in [4.78, 5) is 26.8. The lowest BCUT2D eigenvalue weighted by Crippen LogP contribution is -2.40. The number of urea groups is 1. The number of aryl methyl sites for hydroxylation is 1. The van der Waals surface area contributed by atoms with Crippen LogP contribution in [0.1, 0.15) is 50.8 Å². The molecule has 0 aromatic carbocycles. The van der Waals surface area contributed by atoms with Crippen LogP contribution in [-0.2, 0) is 13.0 Å². The van der Waals surface area contributed by atoms with E-state index in [1.54, 1.807) is 36.4 Å². The first-order chi connectivity index (χ1) is 13.6. The van der Waals surface area contributed by atoms with E-state index in [9.17, 15) is 4.79 Å². The van der Waals surface area contributed by atoms with Gasteiger partial charge in [0.2, 0.25) is 17.6 Å². The predicted molar refractivity (Wildman–Crippen MR) is 98.9 cm³/mol. The standard InChI is InChI=1S/C18H23N7O3/c1-4-6-15-21-14(23-27-15)11-25(5-2)18(26)20-12(3)17-22-16(24-28-17)13-7-9-19-10-8-13/h7-10,12H,4-6,11H2,1-3H3,(H,20,26)/t12-/m0/s1. The minimum Gasteiger partial charge on any atom is -0.339 e. The summed E-state index contributed by atoms with van der Waals surface area (Å²) in [6.07, 6.45) is 4.95. The third-order valence-electron chi connectivity index (χ3n) is 4.07. The van der Waals surface area contributed by atoms with Crippen LogP contribution in [0.3, 0.4) is 0 Å². The van der Waals surface area contributed by atoms with Gasteiger partial charge in [0.25, 0.3) is 0 Å². The number of nitrogens with one attached hydrogen (secondary N) is 1. The van der Waals surface area contributed by atoms with Gasteiger partial charge in [-0.25, -0.2) is 4.79 Å². The van der Waals surface area contributed by atoms with Crippen molar-refractivity contribution in [3.63, 3.8) is 0 Å². The number of carbonyl (C=O) groups excluding carboxylic acids is 1. The molecule has 3 aromatic rings. The summed E-state index contributed by atoms with van der Waals surface area (Å²) in [5.74, 6) is 1.82. The monoisotopic (exact) mass is 385 g/mol. The number of hydrogen-bond acceptors (Lipinski definition) is 8. The molecule has 0 bridgehead atoms.